The molecule has 2 aromatic carbocycles. The van der Waals surface area contributed by atoms with Gasteiger partial charge in [-0.1, -0.05) is 40.8 Å². The lowest BCUT2D eigenvalue weighted by Gasteiger charge is -2.31. The number of aromatic nitrogens is 2. The number of hydrogen-bond donors (Lipinski definition) is 0. The van der Waals surface area contributed by atoms with E-state index in [0.717, 1.165) is 29.9 Å². The summed E-state index contributed by atoms with van der Waals surface area (Å²) in [4.78, 5) is 7.48. The lowest BCUT2D eigenvalue weighted by atomic mass is 9.96. The predicted octanol–water partition coefficient (Wildman–Crippen LogP) is 6.94. The number of rotatable bonds is 6. The van der Waals surface area contributed by atoms with Crippen molar-refractivity contribution in [3.05, 3.63) is 64.4 Å². The molecule has 6 heteroatoms. The second-order valence-corrected chi connectivity index (χ2v) is 11.8. The average Bonchev–Trinajstić information content (AvgIpc) is 3.17. The van der Waals surface area contributed by atoms with Crippen LogP contribution in [0.3, 0.4) is 0 Å². The molecule has 3 atom stereocenters. The van der Waals surface area contributed by atoms with Crippen LogP contribution in [0.15, 0.2) is 40.9 Å². The van der Waals surface area contributed by atoms with Crippen LogP contribution in [0.25, 0.3) is 21.5 Å². The van der Waals surface area contributed by atoms with Gasteiger partial charge in [-0.05, 0) is 75.3 Å². The fourth-order valence-electron chi connectivity index (χ4n) is 6.19. The van der Waals surface area contributed by atoms with Gasteiger partial charge in [0.05, 0.1) is 22.9 Å². The molecule has 0 radical (unpaired) electrons. The van der Waals surface area contributed by atoms with Gasteiger partial charge in [0.2, 0.25) is 0 Å². The van der Waals surface area contributed by atoms with Crippen LogP contribution < -0.4 is 4.90 Å². The van der Waals surface area contributed by atoms with E-state index in [-0.39, 0.29) is 0 Å². The van der Waals surface area contributed by atoms with Gasteiger partial charge in [0, 0.05) is 35.5 Å². The smallest absolute Gasteiger partial charge is 0.186 e. The van der Waals surface area contributed by atoms with Crippen molar-refractivity contribution >= 4 is 26.7 Å². The first-order valence-corrected chi connectivity index (χ1v) is 13.7. The van der Waals surface area contributed by atoms with E-state index < -0.39 is 0 Å². The Kier molecular flexibility index (Phi) is 5.04. The number of thiazole rings is 1. The van der Waals surface area contributed by atoms with Crippen LogP contribution in [0.1, 0.15) is 59.6 Å². The van der Waals surface area contributed by atoms with Crippen LogP contribution >= 0.6 is 11.3 Å². The Morgan fingerprint density at radius 1 is 1.09 bits per heavy atom. The third-order valence-corrected chi connectivity index (χ3v) is 9.24. The highest BCUT2D eigenvalue weighted by molar-refractivity contribution is 7.22. The Hall–Kier alpha value is -2.70. The molecule has 3 aliphatic rings. The van der Waals surface area contributed by atoms with Crippen LogP contribution in [0.2, 0.25) is 0 Å². The molecule has 0 N–H and O–H groups in total. The number of nitrogens with zero attached hydrogens (tertiary/aromatic N) is 3. The van der Waals surface area contributed by atoms with Gasteiger partial charge in [0.15, 0.2) is 5.13 Å². The highest BCUT2D eigenvalue weighted by Crippen LogP contribution is 2.47. The van der Waals surface area contributed by atoms with Crippen LogP contribution in [-0.2, 0) is 11.3 Å². The Bertz CT molecular complexity index is 1400. The van der Waals surface area contributed by atoms with Gasteiger partial charge in [0.1, 0.15) is 11.5 Å². The summed E-state index contributed by atoms with van der Waals surface area (Å²) < 4.78 is 13.9. The quantitative estimate of drug-likeness (QED) is 0.296. The molecule has 3 fully saturated rings. The minimum Gasteiger partial charge on any atom is -0.373 e. The number of aryl methyl sites for hydroxylation is 3. The summed E-state index contributed by atoms with van der Waals surface area (Å²) in [7, 11) is 0. The lowest BCUT2D eigenvalue weighted by Crippen LogP contribution is -2.38. The number of hydrogen-bond acceptors (Lipinski definition) is 6. The van der Waals surface area contributed by atoms with E-state index >= 15 is 0 Å². The molecule has 2 saturated carbocycles. The van der Waals surface area contributed by atoms with E-state index in [2.05, 4.69) is 67.2 Å². The van der Waals surface area contributed by atoms with Gasteiger partial charge in [-0.15, -0.1) is 0 Å². The molecule has 1 aliphatic heterocycles. The van der Waals surface area contributed by atoms with Crippen LogP contribution in [0.5, 0.6) is 0 Å². The van der Waals surface area contributed by atoms with Crippen molar-refractivity contribution in [1.29, 1.82) is 0 Å². The monoisotopic (exact) mass is 485 g/mol. The summed E-state index contributed by atoms with van der Waals surface area (Å²) >= 11 is 1.83. The van der Waals surface area contributed by atoms with Crippen LogP contribution in [-0.4, -0.2) is 28.8 Å². The molecule has 3 heterocycles. The van der Waals surface area contributed by atoms with E-state index in [1.807, 2.05) is 11.3 Å². The summed E-state index contributed by atoms with van der Waals surface area (Å²) in [5, 5.41) is 5.74. The van der Waals surface area contributed by atoms with E-state index in [9.17, 15) is 0 Å². The normalized spacial score (nSPS) is 23.6. The van der Waals surface area contributed by atoms with Crippen LogP contribution in [0.4, 0.5) is 5.13 Å². The van der Waals surface area contributed by atoms with Crippen molar-refractivity contribution in [2.75, 3.05) is 11.4 Å². The highest BCUT2D eigenvalue weighted by atomic mass is 32.1. The first-order chi connectivity index (χ1) is 17.0. The minimum absolute atomic E-state index is 0.292. The van der Waals surface area contributed by atoms with Crippen molar-refractivity contribution in [3.63, 3.8) is 0 Å². The largest absolute Gasteiger partial charge is 0.373 e. The maximum atomic E-state index is 6.66. The van der Waals surface area contributed by atoms with Gasteiger partial charge in [0.25, 0.3) is 0 Å². The first-order valence-electron chi connectivity index (χ1n) is 12.9. The third-order valence-electron chi connectivity index (χ3n) is 8.18. The molecule has 180 valence electrons. The van der Waals surface area contributed by atoms with Crippen molar-refractivity contribution in [3.8, 4) is 11.3 Å². The summed E-state index contributed by atoms with van der Waals surface area (Å²) in [5.41, 5.74) is 8.25. The number of anilines is 1. The summed E-state index contributed by atoms with van der Waals surface area (Å²) in [6, 6.07) is 13.5. The molecular weight excluding hydrogens is 454 g/mol. The molecule has 7 rings (SSSR count). The van der Waals surface area contributed by atoms with Gasteiger partial charge in [-0.3, -0.25) is 0 Å². The van der Waals surface area contributed by atoms with Crippen molar-refractivity contribution in [2.45, 2.75) is 71.1 Å². The summed E-state index contributed by atoms with van der Waals surface area (Å²) in [6.07, 6.45) is 4.95. The molecule has 2 bridgehead atoms. The number of benzene rings is 2. The summed E-state index contributed by atoms with van der Waals surface area (Å²) in [6.45, 7) is 8.09. The topological polar surface area (TPSA) is 51.4 Å². The minimum atomic E-state index is 0.292. The SMILES string of the molecule is Cc1ccc2nc(N3CC4CC3CC4OCc3c(-c4c(C)cccc4C)noc3C3CC3)sc2c1. The Morgan fingerprint density at radius 3 is 2.66 bits per heavy atom. The molecule has 4 aromatic rings. The van der Waals surface area contributed by atoms with Gasteiger partial charge in [-0.25, -0.2) is 4.98 Å². The van der Waals surface area contributed by atoms with E-state index in [4.69, 9.17) is 14.2 Å². The second kappa shape index (κ2) is 8.17. The molecule has 35 heavy (non-hydrogen) atoms. The fourth-order valence-corrected chi connectivity index (χ4v) is 7.33. The highest BCUT2D eigenvalue weighted by Gasteiger charge is 2.46. The average molecular weight is 486 g/mol. The summed E-state index contributed by atoms with van der Waals surface area (Å²) in [5.74, 6) is 2.12. The van der Waals surface area contributed by atoms with E-state index in [1.54, 1.807) is 0 Å². The van der Waals surface area contributed by atoms with Gasteiger partial charge in [-0.2, -0.15) is 0 Å². The Morgan fingerprint density at radius 2 is 1.91 bits per heavy atom. The maximum absolute atomic E-state index is 6.66. The standard InChI is InChI=1S/C29H31N3O2S/c1-16-7-10-23-25(11-16)35-29(30-23)32-14-20-12-21(32)13-24(20)33-15-22-27(31-34-28(22)19-8-9-19)26-17(2)5-4-6-18(26)3/h4-7,10-11,19-21,24H,8-9,12-15H2,1-3H3. The number of piperidine rings is 1. The second-order valence-electron chi connectivity index (χ2n) is 10.8. The van der Waals surface area contributed by atoms with Crippen LogP contribution in [0, 0.1) is 26.7 Å². The lowest BCUT2D eigenvalue weighted by molar-refractivity contribution is 0.0122. The molecule has 0 amide bonds. The zero-order chi connectivity index (χ0) is 23.7. The number of ether oxygens (including phenoxy) is 1. The van der Waals surface area contributed by atoms with E-state index in [1.165, 1.54) is 56.9 Å². The number of fused-ring (bicyclic) bond motifs is 3. The van der Waals surface area contributed by atoms with E-state index in [0.29, 0.717) is 30.6 Å². The fraction of sp³-hybridized carbons (Fsp3) is 0.448. The molecule has 3 unspecified atom stereocenters. The first kappa shape index (κ1) is 21.6. The molecule has 1 saturated heterocycles. The molecular formula is C29H31N3O2S. The molecule has 2 aromatic heterocycles. The zero-order valence-corrected chi connectivity index (χ0v) is 21.4. The predicted molar refractivity (Wildman–Crippen MR) is 140 cm³/mol. The van der Waals surface area contributed by atoms with Crippen molar-refractivity contribution in [2.24, 2.45) is 5.92 Å². The molecule has 5 nitrogen and oxygen atoms in total. The zero-order valence-electron chi connectivity index (χ0n) is 20.6. The van der Waals surface area contributed by atoms with Crippen molar-refractivity contribution in [1.82, 2.24) is 10.1 Å². The Labute approximate surface area is 210 Å². The Balaban J connectivity index is 1.09. The third kappa shape index (κ3) is 3.69. The van der Waals surface area contributed by atoms with Gasteiger partial charge < -0.3 is 14.2 Å². The van der Waals surface area contributed by atoms with Gasteiger partial charge >= 0.3 is 0 Å². The maximum Gasteiger partial charge on any atom is 0.186 e. The van der Waals surface area contributed by atoms with Crippen molar-refractivity contribution < 1.29 is 9.26 Å². The molecule has 0 spiro atoms. The molecule has 2 aliphatic carbocycles.